The molecule has 0 bridgehead atoms. The summed E-state index contributed by atoms with van der Waals surface area (Å²) in [7, 11) is 0. The number of nitrogens with zero attached hydrogens (tertiary/aromatic N) is 1. The SMILES string of the molecule is CCC(C)N(CC)c1cccc2c1NCCC2. The van der Waals surface area contributed by atoms with E-state index in [1.165, 1.54) is 36.2 Å². The minimum atomic E-state index is 0.607. The van der Waals surface area contributed by atoms with Gasteiger partial charge >= 0.3 is 0 Å². The van der Waals surface area contributed by atoms with Crippen LogP contribution >= 0.6 is 0 Å². The van der Waals surface area contributed by atoms with E-state index in [1.807, 2.05) is 0 Å². The fraction of sp³-hybridized carbons (Fsp3) is 0.600. The first-order chi connectivity index (χ1) is 8.27. The summed E-state index contributed by atoms with van der Waals surface area (Å²) < 4.78 is 0. The van der Waals surface area contributed by atoms with E-state index < -0.39 is 0 Å². The third kappa shape index (κ3) is 2.41. The molecule has 2 heteroatoms. The normalized spacial score (nSPS) is 15.9. The van der Waals surface area contributed by atoms with Crippen LogP contribution in [-0.4, -0.2) is 19.1 Å². The first-order valence-corrected chi connectivity index (χ1v) is 6.90. The van der Waals surface area contributed by atoms with Gasteiger partial charge in [-0.3, -0.25) is 0 Å². The van der Waals surface area contributed by atoms with E-state index >= 15 is 0 Å². The van der Waals surface area contributed by atoms with Gasteiger partial charge in [-0.2, -0.15) is 0 Å². The molecule has 1 aliphatic rings. The number of hydrogen-bond acceptors (Lipinski definition) is 2. The molecule has 0 fully saturated rings. The second-order valence-electron chi connectivity index (χ2n) is 4.88. The van der Waals surface area contributed by atoms with Crippen molar-refractivity contribution >= 4 is 11.4 Å². The maximum Gasteiger partial charge on any atom is 0.0610 e. The summed E-state index contributed by atoms with van der Waals surface area (Å²) in [6.45, 7) is 9.01. The summed E-state index contributed by atoms with van der Waals surface area (Å²) in [5.41, 5.74) is 4.25. The minimum Gasteiger partial charge on any atom is -0.383 e. The molecule has 1 unspecified atom stereocenters. The molecule has 0 radical (unpaired) electrons. The molecule has 1 aliphatic heterocycles. The van der Waals surface area contributed by atoms with Gasteiger partial charge in [-0.05, 0) is 44.7 Å². The van der Waals surface area contributed by atoms with Crippen LogP contribution in [0.4, 0.5) is 11.4 Å². The lowest BCUT2D eigenvalue weighted by atomic mass is 10.0. The fourth-order valence-electron chi connectivity index (χ4n) is 2.67. The molecule has 2 rings (SSSR count). The summed E-state index contributed by atoms with van der Waals surface area (Å²) in [6.07, 6.45) is 3.66. The Morgan fingerprint density at radius 1 is 1.35 bits per heavy atom. The van der Waals surface area contributed by atoms with E-state index in [1.54, 1.807) is 0 Å². The number of rotatable bonds is 4. The topological polar surface area (TPSA) is 15.3 Å². The number of benzene rings is 1. The lowest BCUT2D eigenvalue weighted by Gasteiger charge is -2.33. The Morgan fingerprint density at radius 3 is 2.88 bits per heavy atom. The predicted molar refractivity (Wildman–Crippen MR) is 76.0 cm³/mol. The Hall–Kier alpha value is -1.18. The van der Waals surface area contributed by atoms with Crippen molar-refractivity contribution in [1.82, 2.24) is 0 Å². The molecule has 1 heterocycles. The smallest absolute Gasteiger partial charge is 0.0610 e. The van der Waals surface area contributed by atoms with Crippen LogP contribution in [0.3, 0.4) is 0 Å². The molecule has 0 amide bonds. The quantitative estimate of drug-likeness (QED) is 0.852. The molecule has 0 saturated carbocycles. The molecule has 1 N–H and O–H groups in total. The number of aryl methyl sites for hydroxylation is 1. The van der Waals surface area contributed by atoms with Gasteiger partial charge in [-0.25, -0.2) is 0 Å². The highest BCUT2D eigenvalue weighted by molar-refractivity contribution is 5.74. The standard InChI is InChI=1S/C15H24N2/c1-4-12(3)17(5-2)14-10-6-8-13-9-7-11-16-15(13)14/h6,8,10,12,16H,4-5,7,9,11H2,1-3H3. The van der Waals surface area contributed by atoms with E-state index in [-0.39, 0.29) is 0 Å². The molecule has 1 aromatic carbocycles. The third-order valence-electron chi connectivity index (χ3n) is 3.83. The van der Waals surface area contributed by atoms with E-state index in [0.29, 0.717) is 6.04 Å². The van der Waals surface area contributed by atoms with Crippen molar-refractivity contribution in [2.24, 2.45) is 0 Å². The highest BCUT2D eigenvalue weighted by atomic mass is 15.2. The Morgan fingerprint density at radius 2 is 2.18 bits per heavy atom. The molecular formula is C15H24N2. The molecule has 2 nitrogen and oxygen atoms in total. The summed E-state index contributed by atoms with van der Waals surface area (Å²) in [5, 5.41) is 3.58. The van der Waals surface area contributed by atoms with Crippen LogP contribution in [0.2, 0.25) is 0 Å². The van der Waals surface area contributed by atoms with Crippen molar-refractivity contribution in [3.05, 3.63) is 23.8 Å². The predicted octanol–water partition coefficient (Wildman–Crippen LogP) is 3.67. The maximum absolute atomic E-state index is 3.58. The molecule has 0 saturated heterocycles. The summed E-state index contributed by atoms with van der Waals surface area (Å²) in [4.78, 5) is 2.51. The zero-order chi connectivity index (χ0) is 12.3. The zero-order valence-electron chi connectivity index (χ0n) is 11.3. The van der Waals surface area contributed by atoms with Crippen LogP contribution in [0.25, 0.3) is 0 Å². The van der Waals surface area contributed by atoms with Gasteiger partial charge in [0.05, 0.1) is 11.4 Å². The van der Waals surface area contributed by atoms with Crippen LogP contribution in [-0.2, 0) is 6.42 Å². The molecule has 94 valence electrons. The highest BCUT2D eigenvalue weighted by Crippen LogP contribution is 2.34. The van der Waals surface area contributed by atoms with E-state index in [9.17, 15) is 0 Å². The lowest BCUT2D eigenvalue weighted by molar-refractivity contribution is 0.629. The largest absolute Gasteiger partial charge is 0.383 e. The lowest BCUT2D eigenvalue weighted by Crippen LogP contribution is -2.33. The van der Waals surface area contributed by atoms with Crippen molar-refractivity contribution in [3.8, 4) is 0 Å². The average molecular weight is 232 g/mol. The Kier molecular flexibility index (Phi) is 3.93. The highest BCUT2D eigenvalue weighted by Gasteiger charge is 2.18. The van der Waals surface area contributed by atoms with Gasteiger partial charge in [0, 0.05) is 19.1 Å². The van der Waals surface area contributed by atoms with Crippen molar-refractivity contribution < 1.29 is 0 Å². The van der Waals surface area contributed by atoms with Crippen LogP contribution in [0.1, 0.15) is 39.2 Å². The number of fused-ring (bicyclic) bond motifs is 1. The zero-order valence-corrected chi connectivity index (χ0v) is 11.3. The first-order valence-electron chi connectivity index (χ1n) is 6.90. The first kappa shape index (κ1) is 12.3. The molecule has 0 aromatic heterocycles. The molecule has 17 heavy (non-hydrogen) atoms. The number of hydrogen-bond donors (Lipinski definition) is 1. The Balaban J connectivity index is 2.36. The number of para-hydroxylation sites is 1. The van der Waals surface area contributed by atoms with Gasteiger partial charge < -0.3 is 10.2 Å². The van der Waals surface area contributed by atoms with Gasteiger partial charge in [0.15, 0.2) is 0 Å². The van der Waals surface area contributed by atoms with E-state index in [0.717, 1.165) is 13.1 Å². The number of anilines is 2. The van der Waals surface area contributed by atoms with Crippen LogP contribution < -0.4 is 10.2 Å². The number of nitrogens with one attached hydrogen (secondary N) is 1. The molecule has 0 aliphatic carbocycles. The molecule has 0 spiro atoms. The van der Waals surface area contributed by atoms with Gasteiger partial charge in [0.25, 0.3) is 0 Å². The molecule has 1 atom stereocenters. The average Bonchev–Trinajstić information content (AvgIpc) is 2.39. The van der Waals surface area contributed by atoms with Crippen molar-refractivity contribution in [3.63, 3.8) is 0 Å². The Labute approximate surface area is 105 Å². The molecular weight excluding hydrogens is 208 g/mol. The van der Waals surface area contributed by atoms with Gasteiger partial charge in [0.1, 0.15) is 0 Å². The minimum absolute atomic E-state index is 0.607. The monoisotopic (exact) mass is 232 g/mol. The summed E-state index contributed by atoms with van der Waals surface area (Å²) in [6, 6.07) is 7.32. The molecule has 1 aromatic rings. The fourth-order valence-corrected chi connectivity index (χ4v) is 2.67. The van der Waals surface area contributed by atoms with Crippen LogP contribution in [0, 0.1) is 0 Å². The maximum atomic E-state index is 3.58. The third-order valence-corrected chi connectivity index (χ3v) is 3.83. The van der Waals surface area contributed by atoms with Crippen molar-refractivity contribution in [1.29, 1.82) is 0 Å². The van der Waals surface area contributed by atoms with Crippen molar-refractivity contribution in [2.75, 3.05) is 23.3 Å². The Bertz CT molecular complexity index is 373. The van der Waals surface area contributed by atoms with Gasteiger partial charge in [0.2, 0.25) is 0 Å². The van der Waals surface area contributed by atoms with E-state index in [2.05, 4.69) is 49.2 Å². The summed E-state index contributed by atoms with van der Waals surface area (Å²) >= 11 is 0. The van der Waals surface area contributed by atoms with Crippen LogP contribution in [0.15, 0.2) is 18.2 Å². The van der Waals surface area contributed by atoms with Crippen molar-refractivity contribution in [2.45, 2.75) is 46.1 Å². The second-order valence-corrected chi connectivity index (χ2v) is 4.88. The van der Waals surface area contributed by atoms with Gasteiger partial charge in [-0.15, -0.1) is 0 Å². The second kappa shape index (κ2) is 5.44. The summed E-state index contributed by atoms with van der Waals surface area (Å²) in [5.74, 6) is 0. The van der Waals surface area contributed by atoms with Gasteiger partial charge in [-0.1, -0.05) is 19.1 Å². The van der Waals surface area contributed by atoms with E-state index in [4.69, 9.17) is 0 Å². The van der Waals surface area contributed by atoms with Crippen LogP contribution in [0.5, 0.6) is 0 Å².